The summed E-state index contributed by atoms with van der Waals surface area (Å²) in [5, 5.41) is 2.37. The second-order valence-corrected chi connectivity index (χ2v) is 6.55. The first kappa shape index (κ1) is 15.0. The van der Waals surface area contributed by atoms with Gasteiger partial charge in [-0.05, 0) is 34.5 Å². The summed E-state index contributed by atoms with van der Waals surface area (Å²) in [6, 6.07) is 12.5. The van der Waals surface area contributed by atoms with Crippen LogP contribution >= 0.6 is 11.8 Å². The molecule has 116 valence electrons. The lowest BCUT2D eigenvalue weighted by molar-refractivity contribution is 0.415. The van der Waals surface area contributed by atoms with Gasteiger partial charge in [-0.2, -0.15) is 11.8 Å². The van der Waals surface area contributed by atoms with Crippen LogP contribution in [-0.2, 0) is 6.54 Å². The van der Waals surface area contributed by atoms with Crippen molar-refractivity contribution in [2.24, 2.45) is 10.7 Å². The van der Waals surface area contributed by atoms with E-state index in [-0.39, 0.29) is 0 Å². The highest BCUT2D eigenvalue weighted by atomic mass is 32.2. The van der Waals surface area contributed by atoms with Crippen LogP contribution in [0.5, 0.6) is 5.75 Å². The van der Waals surface area contributed by atoms with Gasteiger partial charge in [0.1, 0.15) is 5.75 Å². The molecule has 0 unspecified atom stereocenters. The van der Waals surface area contributed by atoms with Crippen molar-refractivity contribution in [3.63, 3.8) is 0 Å². The number of fused-ring (bicyclic) bond motifs is 1. The number of hydrogen-bond donors (Lipinski definition) is 1. The summed E-state index contributed by atoms with van der Waals surface area (Å²) < 4.78 is 5.25. The lowest BCUT2D eigenvalue weighted by Crippen LogP contribution is -2.42. The quantitative estimate of drug-likeness (QED) is 0.699. The van der Waals surface area contributed by atoms with Gasteiger partial charge in [0.05, 0.1) is 13.7 Å². The predicted octanol–water partition coefficient (Wildman–Crippen LogP) is 2.71. The van der Waals surface area contributed by atoms with Crippen LogP contribution in [0, 0.1) is 0 Å². The smallest absolute Gasteiger partial charge is 0.191 e. The van der Waals surface area contributed by atoms with Crippen molar-refractivity contribution in [3.8, 4) is 5.75 Å². The fraction of sp³-hybridized carbons (Fsp3) is 0.353. The largest absolute Gasteiger partial charge is 0.497 e. The van der Waals surface area contributed by atoms with E-state index in [1.807, 2.05) is 23.9 Å². The van der Waals surface area contributed by atoms with E-state index in [2.05, 4.69) is 34.2 Å². The molecule has 1 heterocycles. The number of thioether (sulfide) groups is 1. The third-order valence-electron chi connectivity index (χ3n) is 3.87. The monoisotopic (exact) mass is 315 g/mol. The summed E-state index contributed by atoms with van der Waals surface area (Å²) in [7, 11) is 1.69. The Morgan fingerprint density at radius 3 is 2.68 bits per heavy atom. The normalized spacial score (nSPS) is 16.0. The standard InChI is InChI=1S/C17H21N3OS/c1-21-16-5-4-14-10-13(2-3-15(14)11-16)12-19-17(18)20-6-8-22-9-7-20/h2-5,10-11H,6-9,12H2,1H3,(H2,18,19). The third kappa shape index (κ3) is 3.47. The van der Waals surface area contributed by atoms with Gasteiger partial charge in [-0.15, -0.1) is 0 Å². The lowest BCUT2D eigenvalue weighted by atomic mass is 10.1. The van der Waals surface area contributed by atoms with Gasteiger partial charge in [-0.1, -0.05) is 18.2 Å². The zero-order valence-electron chi connectivity index (χ0n) is 12.8. The first-order valence-corrected chi connectivity index (χ1v) is 8.61. The average molecular weight is 315 g/mol. The fourth-order valence-corrected chi connectivity index (χ4v) is 3.47. The molecule has 0 spiro atoms. The zero-order chi connectivity index (χ0) is 15.4. The van der Waals surface area contributed by atoms with E-state index in [1.165, 1.54) is 16.3 Å². The van der Waals surface area contributed by atoms with Crippen LogP contribution < -0.4 is 10.5 Å². The van der Waals surface area contributed by atoms with E-state index in [4.69, 9.17) is 10.5 Å². The van der Waals surface area contributed by atoms with Crippen molar-refractivity contribution in [1.29, 1.82) is 0 Å². The maximum atomic E-state index is 6.10. The Labute approximate surface area is 135 Å². The highest BCUT2D eigenvalue weighted by molar-refractivity contribution is 7.99. The number of aliphatic imine (C=N–C) groups is 1. The molecule has 1 aliphatic heterocycles. The minimum Gasteiger partial charge on any atom is -0.497 e. The molecule has 0 aliphatic carbocycles. The molecule has 0 saturated carbocycles. The Morgan fingerprint density at radius 1 is 1.18 bits per heavy atom. The van der Waals surface area contributed by atoms with Gasteiger partial charge in [-0.25, -0.2) is 4.99 Å². The van der Waals surface area contributed by atoms with Crippen LogP contribution in [0.2, 0.25) is 0 Å². The highest BCUT2D eigenvalue weighted by Crippen LogP contribution is 2.22. The molecule has 2 N–H and O–H groups in total. The summed E-state index contributed by atoms with van der Waals surface area (Å²) in [5.74, 6) is 3.81. The second-order valence-electron chi connectivity index (χ2n) is 5.32. The molecule has 3 rings (SSSR count). The molecular weight excluding hydrogens is 294 g/mol. The Hall–Kier alpha value is -1.88. The second kappa shape index (κ2) is 6.92. The molecular formula is C17H21N3OS. The van der Waals surface area contributed by atoms with Crippen LogP contribution in [0.15, 0.2) is 41.4 Å². The number of hydrogen-bond acceptors (Lipinski definition) is 3. The van der Waals surface area contributed by atoms with E-state index in [9.17, 15) is 0 Å². The van der Waals surface area contributed by atoms with Crippen molar-refractivity contribution in [2.45, 2.75) is 6.54 Å². The van der Waals surface area contributed by atoms with Gasteiger partial charge in [0.15, 0.2) is 5.96 Å². The highest BCUT2D eigenvalue weighted by Gasteiger charge is 2.11. The predicted molar refractivity (Wildman–Crippen MR) is 94.7 cm³/mol. The maximum Gasteiger partial charge on any atom is 0.191 e. The Balaban J connectivity index is 1.73. The Morgan fingerprint density at radius 2 is 1.91 bits per heavy atom. The molecule has 0 radical (unpaired) electrons. The molecule has 1 saturated heterocycles. The number of ether oxygens (including phenoxy) is 1. The van der Waals surface area contributed by atoms with E-state index < -0.39 is 0 Å². The van der Waals surface area contributed by atoms with Crippen LogP contribution in [0.4, 0.5) is 0 Å². The van der Waals surface area contributed by atoms with E-state index in [1.54, 1.807) is 7.11 Å². The number of rotatable bonds is 3. The molecule has 0 aromatic heterocycles. The van der Waals surface area contributed by atoms with Crippen molar-refractivity contribution in [3.05, 3.63) is 42.0 Å². The molecule has 0 atom stereocenters. The number of nitrogens with zero attached hydrogens (tertiary/aromatic N) is 2. The van der Waals surface area contributed by atoms with Crippen LogP contribution in [-0.4, -0.2) is 42.6 Å². The van der Waals surface area contributed by atoms with Crippen molar-refractivity contribution < 1.29 is 4.74 Å². The average Bonchev–Trinajstić information content (AvgIpc) is 2.59. The molecule has 0 bridgehead atoms. The summed E-state index contributed by atoms with van der Waals surface area (Å²) in [4.78, 5) is 6.71. The first-order valence-electron chi connectivity index (χ1n) is 7.45. The number of nitrogens with two attached hydrogens (primary N) is 1. The lowest BCUT2D eigenvalue weighted by Gasteiger charge is -2.27. The SMILES string of the molecule is COc1ccc2cc(CN=C(N)N3CCSCC3)ccc2c1. The molecule has 4 nitrogen and oxygen atoms in total. The van der Waals surface area contributed by atoms with Crippen molar-refractivity contribution in [1.82, 2.24) is 4.90 Å². The third-order valence-corrected chi connectivity index (χ3v) is 4.81. The van der Waals surface area contributed by atoms with E-state index >= 15 is 0 Å². The number of methoxy groups -OCH3 is 1. The van der Waals surface area contributed by atoms with Gasteiger partial charge >= 0.3 is 0 Å². The molecule has 2 aromatic rings. The van der Waals surface area contributed by atoms with E-state index in [0.29, 0.717) is 12.5 Å². The summed E-state index contributed by atoms with van der Waals surface area (Å²) in [6.07, 6.45) is 0. The summed E-state index contributed by atoms with van der Waals surface area (Å²) in [5.41, 5.74) is 7.27. The van der Waals surface area contributed by atoms with Crippen LogP contribution in [0.25, 0.3) is 10.8 Å². The zero-order valence-corrected chi connectivity index (χ0v) is 13.6. The van der Waals surface area contributed by atoms with Gasteiger partial charge in [0, 0.05) is 24.6 Å². The first-order chi connectivity index (χ1) is 10.8. The fourth-order valence-electron chi connectivity index (χ4n) is 2.56. The molecule has 2 aromatic carbocycles. The van der Waals surface area contributed by atoms with Crippen molar-refractivity contribution in [2.75, 3.05) is 31.7 Å². The van der Waals surface area contributed by atoms with Gasteiger partial charge < -0.3 is 15.4 Å². The minimum absolute atomic E-state index is 0.622. The molecule has 1 aliphatic rings. The Bertz CT molecular complexity index is 681. The number of benzene rings is 2. The summed E-state index contributed by atoms with van der Waals surface area (Å²) in [6.45, 7) is 2.62. The molecule has 5 heteroatoms. The van der Waals surface area contributed by atoms with Crippen LogP contribution in [0.1, 0.15) is 5.56 Å². The Kier molecular flexibility index (Phi) is 4.73. The number of guanidine groups is 1. The van der Waals surface area contributed by atoms with E-state index in [0.717, 1.165) is 30.3 Å². The van der Waals surface area contributed by atoms with Gasteiger partial charge in [0.25, 0.3) is 0 Å². The topological polar surface area (TPSA) is 50.9 Å². The van der Waals surface area contributed by atoms with Gasteiger partial charge in [0.2, 0.25) is 0 Å². The van der Waals surface area contributed by atoms with Crippen molar-refractivity contribution >= 4 is 28.5 Å². The maximum absolute atomic E-state index is 6.10. The van der Waals surface area contributed by atoms with Gasteiger partial charge in [-0.3, -0.25) is 0 Å². The molecule has 1 fully saturated rings. The molecule has 22 heavy (non-hydrogen) atoms. The summed E-state index contributed by atoms with van der Waals surface area (Å²) >= 11 is 1.97. The molecule has 0 amide bonds. The van der Waals surface area contributed by atoms with Crippen LogP contribution in [0.3, 0.4) is 0 Å². The minimum atomic E-state index is 0.622.